The minimum atomic E-state index is -0.162. The van der Waals surface area contributed by atoms with Crippen LogP contribution in [0.15, 0.2) is 0 Å². The summed E-state index contributed by atoms with van der Waals surface area (Å²) in [5, 5.41) is 0.405. The van der Waals surface area contributed by atoms with Crippen molar-refractivity contribution >= 4 is 17.6 Å². The van der Waals surface area contributed by atoms with Gasteiger partial charge in [0.05, 0.1) is 6.61 Å². The van der Waals surface area contributed by atoms with Crippen LogP contribution >= 0.6 is 11.6 Å². The maximum absolute atomic E-state index is 10.6. The number of ether oxygens (including phenoxy) is 1. The number of hydrogen-bond donors (Lipinski definition) is 0. The zero-order valence-corrected chi connectivity index (χ0v) is 14.9. The van der Waals surface area contributed by atoms with Crippen LogP contribution in [0.25, 0.3) is 0 Å². The number of carbonyl (C=O) groups excluding carboxylic acids is 1. The molecule has 2 nitrogen and oxygen atoms in total. The van der Waals surface area contributed by atoms with Crippen LogP contribution in [0.5, 0.6) is 0 Å². The SMILES string of the molecule is CCCC(Cl)CCCCCCCCCCCCOC(C)=O. The van der Waals surface area contributed by atoms with Gasteiger partial charge in [-0.25, -0.2) is 0 Å². The van der Waals surface area contributed by atoms with Gasteiger partial charge in [0, 0.05) is 12.3 Å². The summed E-state index contributed by atoms with van der Waals surface area (Å²) in [6.07, 6.45) is 16.4. The molecular formula is C18H35ClO2. The largest absolute Gasteiger partial charge is 0.466 e. The number of unbranched alkanes of at least 4 members (excludes halogenated alkanes) is 9. The van der Waals surface area contributed by atoms with Gasteiger partial charge in [0.25, 0.3) is 0 Å². The highest BCUT2D eigenvalue weighted by atomic mass is 35.5. The van der Waals surface area contributed by atoms with E-state index in [1.165, 1.54) is 84.0 Å². The number of alkyl halides is 1. The molecule has 3 heteroatoms. The zero-order valence-electron chi connectivity index (χ0n) is 14.2. The summed E-state index contributed by atoms with van der Waals surface area (Å²) in [6, 6.07) is 0. The fourth-order valence-electron chi connectivity index (χ4n) is 2.56. The first-order valence-electron chi connectivity index (χ1n) is 8.94. The fourth-order valence-corrected chi connectivity index (χ4v) is 2.93. The molecule has 0 fully saturated rings. The quantitative estimate of drug-likeness (QED) is 0.203. The maximum atomic E-state index is 10.6. The van der Waals surface area contributed by atoms with Crippen LogP contribution in [0.3, 0.4) is 0 Å². The van der Waals surface area contributed by atoms with E-state index >= 15 is 0 Å². The average Bonchev–Trinajstić information content (AvgIpc) is 2.44. The fraction of sp³-hybridized carbons (Fsp3) is 0.944. The lowest BCUT2D eigenvalue weighted by molar-refractivity contribution is -0.141. The molecule has 21 heavy (non-hydrogen) atoms. The predicted octanol–water partition coefficient (Wildman–Crippen LogP) is 6.25. The normalized spacial score (nSPS) is 12.3. The second kappa shape index (κ2) is 16.1. The second-order valence-electron chi connectivity index (χ2n) is 6.05. The van der Waals surface area contributed by atoms with E-state index < -0.39 is 0 Å². The van der Waals surface area contributed by atoms with E-state index in [2.05, 4.69) is 6.92 Å². The van der Waals surface area contributed by atoms with Crippen molar-refractivity contribution in [3.8, 4) is 0 Å². The van der Waals surface area contributed by atoms with Crippen LogP contribution in [-0.2, 0) is 9.53 Å². The van der Waals surface area contributed by atoms with E-state index in [0.717, 1.165) is 6.42 Å². The molecule has 0 aromatic rings. The monoisotopic (exact) mass is 318 g/mol. The molecule has 0 radical (unpaired) electrons. The maximum Gasteiger partial charge on any atom is 0.302 e. The van der Waals surface area contributed by atoms with Gasteiger partial charge < -0.3 is 4.74 Å². The number of rotatable bonds is 15. The highest BCUT2D eigenvalue weighted by Crippen LogP contribution is 2.16. The van der Waals surface area contributed by atoms with Gasteiger partial charge in [0.15, 0.2) is 0 Å². The van der Waals surface area contributed by atoms with Gasteiger partial charge in [-0.1, -0.05) is 71.1 Å². The minimum Gasteiger partial charge on any atom is -0.466 e. The number of carbonyl (C=O) groups is 1. The number of hydrogen-bond acceptors (Lipinski definition) is 2. The van der Waals surface area contributed by atoms with Crippen LogP contribution in [0, 0.1) is 0 Å². The van der Waals surface area contributed by atoms with Crippen LogP contribution in [0.1, 0.15) is 97.3 Å². The first kappa shape index (κ1) is 20.8. The lowest BCUT2D eigenvalue weighted by Gasteiger charge is -2.07. The molecule has 0 saturated heterocycles. The van der Waals surface area contributed by atoms with Gasteiger partial charge >= 0.3 is 5.97 Å². The minimum absolute atomic E-state index is 0.162. The molecule has 1 unspecified atom stereocenters. The first-order valence-corrected chi connectivity index (χ1v) is 9.38. The lowest BCUT2D eigenvalue weighted by atomic mass is 10.0. The summed E-state index contributed by atoms with van der Waals surface area (Å²) >= 11 is 6.20. The molecule has 0 amide bonds. The van der Waals surface area contributed by atoms with E-state index in [9.17, 15) is 4.79 Å². The van der Waals surface area contributed by atoms with E-state index in [0.29, 0.717) is 12.0 Å². The molecule has 126 valence electrons. The highest BCUT2D eigenvalue weighted by molar-refractivity contribution is 6.20. The molecular weight excluding hydrogens is 284 g/mol. The van der Waals surface area contributed by atoms with Crippen molar-refractivity contribution in [2.45, 2.75) is 103 Å². The van der Waals surface area contributed by atoms with E-state index in [1.54, 1.807) is 0 Å². The molecule has 0 N–H and O–H groups in total. The molecule has 0 spiro atoms. The molecule has 0 bridgehead atoms. The highest BCUT2D eigenvalue weighted by Gasteiger charge is 2.02. The predicted molar refractivity (Wildman–Crippen MR) is 92.0 cm³/mol. The molecule has 0 heterocycles. The smallest absolute Gasteiger partial charge is 0.302 e. The van der Waals surface area contributed by atoms with Gasteiger partial charge in [0.2, 0.25) is 0 Å². The molecule has 0 aromatic heterocycles. The van der Waals surface area contributed by atoms with Gasteiger partial charge in [-0.2, -0.15) is 0 Å². The lowest BCUT2D eigenvalue weighted by Crippen LogP contribution is -2.00. The third-order valence-corrected chi connectivity index (χ3v) is 4.26. The Hall–Kier alpha value is -0.240. The van der Waals surface area contributed by atoms with Gasteiger partial charge in [-0.15, -0.1) is 11.6 Å². The Morgan fingerprint density at radius 2 is 1.33 bits per heavy atom. The van der Waals surface area contributed by atoms with Gasteiger partial charge in [-0.3, -0.25) is 4.79 Å². The van der Waals surface area contributed by atoms with Crippen LogP contribution in [-0.4, -0.2) is 18.0 Å². The van der Waals surface area contributed by atoms with Crippen molar-refractivity contribution in [3.63, 3.8) is 0 Å². The van der Waals surface area contributed by atoms with E-state index in [1.807, 2.05) is 0 Å². The van der Waals surface area contributed by atoms with Crippen molar-refractivity contribution in [2.75, 3.05) is 6.61 Å². The zero-order chi connectivity index (χ0) is 15.8. The summed E-state index contributed by atoms with van der Waals surface area (Å²) in [6.45, 7) is 4.26. The van der Waals surface area contributed by atoms with Crippen molar-refractivity contribution in [1.29, 1.82) is 0 Å². The molecule has 0 aliphatic heterocycles. The summed E-state index contributed by atoms with van der Waals surface area (Å²) < 4.78 is 4.91. The Labute approximate surface area is 137 Å². The Morgan fingerprint density at radius 1 is 0.857 bits per heavy atom. The molecule has 0 aromatic carbocycles. The molecule has 0 rings (SSSR count). The molecule has 0 saturated carbocycles. The van der Waals surface area contributed by atoms with Crippen LogP contribution in [0.2, 0.25) is 0 Å². The summed E-state index contributed by atoms with van der Waals surface area (Å²) in [7, 11) is 0. The van der Waals surface area contributed by atoms with Crippen LogP contribution in [0.4, 0.5) is 0 Å². The third-order valence-electron chi connectivity index (χ3n) is 3.82. The van der Waals surface area contributed by atoms with Gasteiger partial charge in [0.1, 0.15) is 0 Å². The van der Waals surface area contributed by atoms with Crippen molar-refractivity contribution in [1.82, 2.24) is 0 Å². The Kier molecular flexibility index (Phi) is 16.0. The van der Waals surface area contributed by atoms with Gasteiger partial charge in [-0.05, 0) is 19.3 Å². The summed E-state index contributed by atoms with van der Waals surface area (Å²) in [4.78, 5) is 10.6. The standard InChI is InChI=1S/C18H35ClO2/c1-3-14-18(19)15-12-10-8-6-4-5-7-9-11-13-16-21-17(2)20/h18H,3-16H2,1-2H3. The number of halogens is 1. The summed E-state index contributed by atoms with van der Waals surface area (Å²) in [5.74, 6) is -0.162. The van der Waals surface area contributed by atoms with E-state index in [4.69, 9.17) is 16.3 Å². The first-order chi connectivity index (χ1) is 10.2. The molecule has 0 aliphatic carbocycles. The van der Waals surface area contributed by atoms with E-state index in [-0.39, 0.29) is 5.97 Å². The average molecular weight is 319 g/mol. The molecule has 1 atom stereocenters. The Bertz CT molecular complexity index is 231. The van der Waals surface area contributed by atoms with Crippen molar-refractivity contribution in [3.05, 3.63) is 0 Å². The second-order valence-corrected chi connectivity index (χ2v) is 6.67. The van der Waals surface area contributed by atoms with Crippen molar-refractivity contribution < 1.29 is 9.53 Å². The van der Waals surface area contributed by atoms with Crippen molar-refractivity contribution in [2.24, 2.45) is 0 Å². The Balaban J connectivity index is 3.04. The van der Waals surface area contributed by atoms with Crippen LogP contribution < -0.4 is 0 Å². The Morgan fingerprint density at radius 3 is 1.81 bits per heavy atom. The summed E-state index contributed by atoms with van der Waals surface area (Å²) in [5.41, 5.74) is 0. The molecule has 0 aliphatic rings. The number of esters is 1. The topological polar surface area (TPSA) is 26.3 Å². The third kappa shape index (κ3) is 17.7.